The van der Waals surface area contributed by atoms with Crippen LogP contribution in [-0.2, 0) is 37.1 Å². The van der Waals surface area contributed by atoms with Gasteiger partial charge in [-0.1, -0.05) is 66.7 Å². The van der Waals surface area contributed by atoms with Gasteiger partial charge in [0.2, 0.25) is 0 Å². The van der Waals surface area contributed by atoms with Crippen LogP contribution in [0.2, 0.25) is 0 Å². The van der Waals surface area contributed by atoms with Gasteiger partial charge in [0.25, 0.3) is 0 Å². The first-order chi connectivity index (χ1) is 35.5. The van der Waals surface area contributed by atoms with Gasteiger partial charge in [-0.3, -0.25) is 0 Å². The van der Waals surface area contributed by atoms with Crippen LogP contribution in [0.4, 0.5) is 79.0 Å². The molecule has 0 aliphatic carbocycles. The van der Waals surface area contributed by atoms with Gasteiger partial charge in [0.05, 0.1) is 78.5 Å². The highest BCUT2D eigenvalue weighted by atomic mass is 19.4. The summed E-state index contributed by atoms with van der Waals surface area (Å²) in [6.45, 7) is 0. The molecule has 0 N–H and O–H groups in total. The van der Waals surface area contributed by atoms with E-state index in [0.717, 1.165) is 48.5 Å². The highest BCUT2D eigenvalue weighted by molar-refractivity contribution is 6.13. The van der Waals surface area contributed by atoms with Gasteiger partial charge in [0.15, 0.2) is 0 Å². The van der Waals surface area contributed by atoms with E-state index in [1.807, 2.05) is 6.07 Å². The molecule has 386 valence electrons. The fraction of sp³-hybridized carbons (Fsp3) is 0.109. The topological polar surface area (TPSA) is 33.6 Å². The first kappa shape index (κ1) is 51.1. The van der Waals surface area contributed by atoms with Crippen LogP contribution in [0.1, 0.15) is 38.9 Å². The molecule has 0 radical (unpaired) electrons. The van der Waals surface area contributed by atoms with Gasteiger partial charge in [0, 0.05) is 32.7 Å². The summed E-state index contributed by atoms with van der Waals surface area (Å²) in [4.78, 5) is 0. The number of fused-ring (bicyclic) bond motifs is 6. The second-order valence-electron chi connectivity index (χ2n) is 17.4. The van der Waals surface area contributed by atoms with Crippen LogP contribution in [-0.4, -0.2) is 9.13 Å². The maximum Gasteiger partial charge on any atom is 0.417 e. The predicted octanol–water partition coefficient (Wildman–Crippen LogP) is 18.9. The summed E-state index contributed by atoms with van der Waals surface area (Å²) in [7, 11) is 0. The van der Waals surface area contributed by atoms with E-state index in [1.165, 1.54) is 57.7 Å². The largest absolute Gasteiger partial charge is 0.417 e. The third-order valence-electron chi connectivity index (χ3n) is 12.9. The molecule has 10 aromatic rings. The van der Waals surface area contributed by atoms with E-state index >= 15 is 26.3 Å². The van der Waals surface area contributed by atoms with Crippen LogP contribution in [0.5, 0.6) is 0 Å². The lowest BCUT2D eigenvalue weighted by molar-refractivity contribution is -0.144. The Kier molecular flexibility index (Phi) is 11.6. The smallest absolute Gasteiger partial charge is 0.308 e. The summed E-state index contributed by atoms with van der Waals surface area (Å²) in [5.74, 6) is 0. The van der Waals surface area contributed by atoms with Gasteiger partial charge in [-0.15, -0.1) is 0 Å². The Hall–Kier alpha value is -8.41. The second kappa shape index (κ2) is 17.3. The molecule has 0 saturated heterocycles. The normalized spacial score (nSPS) is 13.1. The summed E-state index contributed by atoms with van der Waals surface area (Å²) < 4.78 is 265. The first-order valence-corrected chi connectivity index (χ1v) is 22.0. The molecule has 2 heterocycles. The molecule has 0 unspecified atom stereocenters. The van der Waals surface area contributed by atoms with Crippen LogP contribution < -0.4 is 0 Å². The number of halogens is 18. The molecule has 0 atom stereocenters. The molecule has 0 fully saturated rings. The van der Waals surface area contributed by atoms with Crippen molar-refractivity contribution in [3.63, 3.8) is 0 Å². The van der Waals surface area contributed by atoms with E-state index in [-0.39, 0.29) is 66.9 Å². The first-order valence-electron chi connectivity index (χ1n) is 22.0. The molecule has 0 spiro atoms. The van der Waals surface area contributed by atoms with Gasteiger partial charge in [-0.05, 0) is 107 Å². The Morgan fingerprint density at radius 1 is 0.316 bits per heavy atom. The summed E-state index contributed by atoms with van der Waals surface area (Å²) in [5, 5.41) is 10.9. The van der Waals surface area contributed by atoms with Crippen molar-refractivity contribution in [3.05, 3.63) is 191 Å². The van der Waals surface area contributed by atoms with Crippen LogP contribution >= 0.6 is 0 Å². The molecule has 8 aromatic carbocycles. The van der Waals surface area contributed by atoms with E-state index in [4.69, 9.17) is 0 Å². The number of rotatable bonds is 5. The number of nitriles is 1. The second-order valence-corrected chi connectivity index (χ2v) is 17.4. The summed E-state index contributed by atoms with van der Waals surface area (Å²) in [5.41, 5.74) is -16.2. The van der Waals surface area contributed by atoms with Gasteiger partial charge in [0.1, 0.15) is 0 Å². The lowest BCUT2D eigenvalue weighted by atomic mass is 9.89. The third kappa shape index (κ3) is 8.68. The highest BCUT2D eigenvalue weighted by Crippen LogP contribution is 2.52. The summed E-state index contributed by atoms with van der Waals surface area (Å²) in [6, 6.07) is 25.1. The summed E-state index contributed by atoms with van der Waals surface area (Å²) in [6.07, 6.45) is -32.2. The van der Waals surface area contributed by atoms with E-state index in [2.05, 4.69) is 0 Å². The van der Waals surface area contributed by atoms with Gasteiger partial charge in [-0.25, -0.2) is 0 Å². The number of alkyl halides is 18. The number of hydrogen-bond donors (Lipinski definition) is 0. The predicted molar refractivity (Wildman–Crippen MR) is 246 cm³/mol. The lowest BCUT2D eigenvalue weighted by Gasteiger charge is -2.25. The number of para-hydroxylation sites is 2. The van der Waals surface area contributed by atoms with Gasteiger partial charge < -0.3 is 9.13 Å². The fourth-order valence-electron chi connectivity index (χ4n) is 9.79. The van der Waals surface area contributed by atoms with Crippen molar-refractivity contribution < 1.29 is 79.0 Å². The molecule has 3 nitrogen and oxygen atoms in total. The maximum atomic E-state index is 15.5. The van der Waals surface area contributed by atoms with E-state index < -0.39 is 110 Å². The monoisotopic (exact) mass is 1070 g/mol. The van der Waals surface area contributed by atoms with Crippen molar-refractivity contribution in [1.82, 2.24) is 9.13 Å². The molecule has 10 rings (SSSR count). The molecular weight excluding hydrogens is 1040 g/mol. The van der Waals surface area contributed by atoms with Crippen molar-refractivity contribution in [2.75, 3.05) is 0 Å². The van der Waals surface area contributed by atoms with Crippen LogP contribution in [0.25, 0.3) is 88.4 Å². The Bertz CT molecular complexity index is 3790. The Morgan fingerprint density at radius 2 is 0.684 bits per heavy atom. The van der Waals surface area contributed by atoms with E-state index in [1.54, 1.807) is 0 Å². The quantitative estimate of drug-likeness (QED) is 0.158. The third-order valence-corrected chi connectivity index (χ3v) is 12.9. The zero-order valence-electron chi connectivity index (χ0n) is 37.6. The van der Waals surface area contributed by atoms with Crippen LogP contribution in [0.3, 0.4) is 0 Å². The number of nitrogens with zero attached hydrogens (tertiary/aromatic N) is 3. The molecule has 0 amide bonds. The van der Waals surface area contributed by atoms with E-state index in [9.17, 15) is 57.9 Å². The zero-order chi connectivity index (χ0) is 54.8. The molecule has 76 heavy (non-hydrogen) atoms. The van der Waals surface area contributed by atoms with Crippen molar-refractivity contribution in [1.29, 1.82) is 5.26 Å². The van der Waals surface area contributed by atoms with Gasteiger partial charge in [-0.2, -0.15) is 84.3 Å². The van der Waals surface area contributed by atoms with Crippen molar-refractivity contribution in [3.8, 4) is 50.8 Å². The molecule has 0 bridgehead atoms. The maximum absolute atomic E-state index is 15.5. The lowest BCUT2D eigenvalue weighted by Crippen LogP contribution is -2.16. The van der Waals surface area contributed by atoms with Crippen LogP contribution in [0, 0.1) is 11.3 Å². The Balaban J connectivity index is 1.34. The summed E-state index contributed by atoms with van der Waals surface area (Å²) >= 11 is 0. The average molecular weight is 1070 g/mol. The molecule has 21 heteroatoms. The number of benzene rings is 8. The number of hydrogen-bond acceptors (Lipinski definition) is 1. The standard InChI is InChI=1S/C55H25F18N3/c56-50(57,58)30-14-16-32(40(24-30)54(68,69)70)28-12-18-44-36(22-28)34-6-1-3-10-42(34)75(44)46-20-27(26-74)21-47(49(46)48-38(52(62,63)64)8-5-9-39(48)53(65,66)67)76-43-11-4-2-7-35(43)37-23-29(13-19-45(37)76)33-17-15-31(51(59,60)61)25-41(33)55(71,72)73/h1-25H. The minimum Gasteiger partial charge on any atom is -0.308 e. The minimum absolute atomic E-state index is 0.00187. The molecule has 2 aromatic heterocycles. The Morgan fingerprint density at radius 3 is 1.04 bits per heavy atom. The van der Waals surface area contributed by atoms with Crippen molar-refractivity contribution in [2.24, 2.45) is 0 Å². The molecular formula is C55H25F18N3. The number of aromatic nitrogens is 2. The molecule has 0 aliphatic rings. The van der Waals surface area contributed by atoms with Crippen LogP contribution in [0.15, 0.2) is 152 Å². The van der Waals surface area contributed by atoms with Crippen molar-refractivity contribution in [2.45, 2.75) is 37.1 Å². The zero-order valence-corrected chi connectivity index (χ0v) is 37.6. The Labute approximate surface area is 414 Å². The SMILES string of the molecule is N#Cc1cc(-n2c3ccccc3c3cc(-c4ccc(C(F)(F)F)cc4C(F)(F)F)ccc32)c(-c2c(C(F)(F)F)cccc2C(F)(F)F)c(-n2c3ccccc3c3cc(-c4ccc(C(F)(F)F)cc4C(F)(F)F)ccc32)c1. The fourth-order valence-corrected chi connectivity index (χ4v) is 9.79. The van der Waals surface area contributed by atoms with E-state index in [0.29, 0.717) is 42.5 Å². The minimum atomic E-state index is -5.56. The van der Waals surface area contributed by atoms with Gasteiger partial charge >= 0.3 is 37.1 Å². The average Bonchev–Trinajstić information content (AvgIpc) is 3.93. The van der Waals surface area contributed by atoms with Crippen molar-refractivity contribution >= 4 is 43.6 Å². The molecule has 0 saturated carbocycles. The highest BCUT2D eigenvalue weighted by Gasteiger charge is 2.44. The molecule has 0 aliphatic heterocycles.